The van der Waals surface area contributed by atoms with Crippen LogP contribution in [0.25, 0.3) is 11.3 Å². The van der Waals surface area contributed by atoms with E-state index in [1.807, 2.05) is 55.3 Å². The molecule has 202 valence electrons. The summed E-state index contributed by atoms with van der Waals surface area (Å²) in [6.45, 7) is 9.74. The van der Waals surface area contributed by atoms with E-state index in [0.29, 0.717) is 6.54 Å². The highest BCUT2D eigenvalue weighted by Crippen LogP contribution is 2.32. The van der Waals surface area contributed by atoms with E-state index >= 15 is 0 Å². The molecule has 1 aliphatic rings. The number of nitrogens with zero attached hydrogens (tertiary/aromatic N) is 2. The Morgan fingerprint density at radius 2 is 1.84 bits per heavy atom. The zero-order chi connectivity index (χ0) is 27.4. The lowest BCUT2D eigenvalue weighted by atomic mass is 9.94. The normalized spacial score (nSPS) is 16.7. The number of carbonyl (C=O) groups excluding carboxylic acids is 2. The van der Waals surface area contributed by atoms with Crippen LogP contribution in [0.1, 0.15) is 68.6 Å². The van der Waals surface area contributed by atoms with Crippen LogP contribution in [0.5, 0.6) is 5.75 Å². The Kier molecular flexibility index (Phi) is 8.09. The van der Waals surface area contributed by atoms with Crippen molar-refractivity contribution < 1.29 is 19.4 Å². The summed E-state index contributed by atoms with van der Waals surface area (Å²) in [5.41, 5.74) is 3.77. The van der Waals surface area contributed by atoms with Gasteiger partial charge in [0.2, 0.25) is 5.91 Å². The van der Waals surface area contributed by atoms with Gasteiger partial charge in [-0.15, -0.1) is 0 Å². The first-order chi connectivity index (χ1) is 18.0. The van der Waals surface area contributed by atoms with E-state index in [1.165, 1.54) is 0 Å². The molecule has 38 heavy (non-hydrogen) atoms. The second kappa shape index (κ2) is 11.3. The van der Waals surface area contributed by atoms with Gasteiger partial charge in [-0.2, -0.15) is 0 Å². The number of hydrogen-bond donors (Lipinski definition) is 3. The summed E-state index contributed by atoms with van der Waals surface area (Å²) in [5, 5.41) is 12.9. The van der Waals surface area contributed by atoms with Gasteiger partial charge in [-0.1, -0.05) is 30.3 Å². The van der Waals surface area contributed by atoms with Gasteiger partial charge in [-0.3, -0.25) is 4.79 Å². The standard InChI is InChI=1S/C30H38N4O4/c1-19-15-22(35)16-20(2)23(19)17-24(33-29(37)38-30(3,4)5)28(36)34-14-10-9-13-26(34)27-31-18-25(32-27)21-11-7-6-8-12-21/h6-8,11-12,15-16,18,24,26,35H,9-10,13-14,17H2,1-5H3,(H,31,32)(H,33,37). The van der Waals surface area contributed by atoms with Crippen molar-refractivity contribution in [2.75, 3.05) is 6.54 Å². The molecule has 1 aliphatic heterocycles. The molecular weight excluding hydrogens is 480 g/mol. The van der Waals surface area contributed by atoms with Crippen LogP contribution in [0.2, 0.25) is 0 Å². The Morgan fingerprint density at radius 3 is 2.50 bits per heavy atom. The molecule has 1 aromatic heterocycles. The lowest BCUT2D eigenvalue weighted by molar-refractivity contribution is -0.137. The molecule has 1 fully saturated rings. The minimum Gasteiger partial charge on any atom is -0.508 e. The quantitative estimate of drug-likeness (QED) is 0.394. The molecule has 2 unspecified atom stereocenters. The van der Waals surface area contributed by atoms with Gasteiger partial charge in [0, 0.05) is 24.7 Å². The predicted octanol–water partition coefficient (Wildman–Crippen LogP) is 5.59. The van der Waals surface area contributed by atoms with Gasteiger partial charge in [0.1, 0.15) is 23.2 Å². The average molecular weight is 519 g/mol. The van der Waals surface area contributed by atoms with Gasteiger partial charge in [-0.25, -0.2) is 9.78 Å². The summed E-state index contributed by atoms with van der Waals surface area (Å²) in [7, 11) is 0. The highest BCUT2D eigenvalue weighted by atomic mass is 16.6. The molecule has 2 heterocycles. The first-order valence-corrected chi connectivity index (χ1v) is 13.2. The van der Waals surface area contributed by atoms with Crippen molar-refractivity contribution in [2.24, 2.45) is 0 Å². The number of amides is 2. The molecule has 1 saturated heterocycles. The number of aromatic nitrogens is 2. The molecule has 3 aromatic rings. The maximum Gasteiger partial charge on any atom is 0.408 e. The minimum atomic E-state index is -0.837. The second-order valence-electron chi connectivity index (χ2n) is 11.0. The van der Waals surface area contributed by atoms with Crippen molar-refractivity contribution in [1.29, 1.82) is 0 Å². The molecule has 2 atom stereocenters. The summed E-state index contributed by atoms with van der Waals surface area (Å²) in [6, 6.07) is 12.2. The summed E-state index contributed by atoms with van der Waals surface area (Å²) in [6.07, 6.45) is 4.17. The number of aromatic hydroxyl groups is 1. The van der Waals surface area contributed by atoms with Gasteiger partial charge in [0.25, 0.3) is 0 Å². The second-order valence-corrected chi connectivity index (χ2v) is 11.0. The van der Waals surface area contributed by atoms with E-state index in [4.69, 9.17) is 9.72 Å². The maximum absolute atomic E-state index is 14.1. The van der Waals surface area contributed by atoms with Gasteiger partial charge < -0.3 is 25.0 Å². The fourth-order valence-corrected chi connectivity index (χ4v) is 5.09. The number of hydrogen-bond acceptors (Lipinski definition) is 5. The molecule has 3 N–H and O–H groups in total. The summed E-state index contributed by atoms with van der Waals surface area (Å²) >= 11 is 0. The average Bonchev–Trinajstić information content (AvgIpc) is 3.35. The first-order valence-electron chi connectivity index (χ1n) is 13.2. The van der Waals surface area contributed by atoms with Crippen molar-refractivity contribution >= 4 is 12.0 Å². The van der Waals surface area contributed by atoms with Crippen LogP contribution in [-0.2, 0) is 16.0 Å². The zero-order valence-electron chi connectivity index (χ0n) is 22.9. The van der Waals surface area contributed by atoms with Gasteiger partial charge in [-0.05, 0) is 82.7 Å². The monoisotopic (exact) mass is 518 g/mol. The van der Waals surface area contributed by atoms with E-state index in [0.717, 1.165) is 53.0 Å². The molecule has 8 nitrogen and oxygen atoms in total. The number of aromatic amines is 1. The molecule has 8 heteroatoms. The van der Waals surface area contributed by atoms with Crippen molar-refractivity contribution in [2.45, 2.75) is 78.0 Å². The summed E-state index contributed by atoms with van der Waals surface area (Å²) in [4.78, 5) is 36.9. The van der Waals surface area contributed by atoms with Crippen LogP contribution in [0.3, 0.4) is 0 Å². The van der Waals surface area contributed by atoms with Gasteiger partial charge >= 0.3 is 6.09 Å². The number of aryl methyl sites for hydroxylation is 2. The number of carbonyl (C=O) groups is 2. The van der Waals surface area contributed by atoms with Crippen LogP contribution < -0.4 is 5.32 Å². The van der Waals surface area contributed by atoms with Crippen molar-refractivity contribution in [3.63, 3.8) is 0 Å². The molecular formula is C30H38N4O4. The van der Waals surface area contributed by atoms with Crippen molar-refractivity contribution in [3.05, 3.63) is 71.2 Å². The number of ether oxygens (including phenoxy) is 1. The number of imidazole rings is 1. The third kappa shape index (κ3) is 6.54. The number of alkyl carbamates (subject to hydrolysis) is 1. The number of phenolic OH excluding ortho intramolecular Hbond substituents is 1. The predicted molar refractivity (Wildman–Crippen MR) is 147 cm³/mol. The SMILES string of the molecule is Cc1cc(O)cc(C)c1CC(NC(=O)OC(C)(C)C)C(=O)N1CCCCC1c1nc(-c2ccccc2)c[nH]1. The molecule has 0 saturated carbocycles. The lowest BCUT2D eigenvalue weighted by Gasteiger charge is -2.37. The molecule has 0 aliphatic carbocycles. The third-order valence-electron chi connectivity index (χ3n) is 6.85. The van der Waals surface area contributed by atoms with E-state index in [-0.39, 0.29) is 24.1 Å². The van der Waals surface area contributed by atoms with Crippen LogP contribution >= 0.6 is 0 Å². The highest BCUT2D eigenvalue weighted by Gasteiger charge is 2.36. The first kappa shape index (κ1) is 27.2. The number of benzene rings is 2. The maximum atomic E-state index is 14.1. The van der Waals surface area contributed by atoms with Crippen molar-refractivity contribution in [3.8, 4) is 17.0 Å². The molecule has 0 bridgehead atoms. The van der Waals surface area contributed by atoms with Crippen LogP contribution in [0.4, 0.5) is 4.79 Å². The Hall–Kier alpha value is -3.81. The molecule has 0 radical (unpaired) electrons. The largest absolute Gasteiger partial charge is 0.508 e. The van der Waals surface area contributed by atoms with E-state index < -0.39 is 17.7 Å². The van der Waals surface area contributed by atoms with Crippen molar-refractivity contribution in [1.82, 2.24) is 20.2 Å². The number of rotatable bonds is 6. The van der Waals surface area contributed by atoms with Gasteiger partial charge in [0.05, 0.1) is 11.7 Å². The summed E-state index contributed by atoms with van der Waals surface area (Å²) in [5.74, 6) is 0.741. The topological polar surface area (TPSA) is 108 Å². The van der Waals surface area contributed by atoms with Crippen LogP contribution in [-0.4, -0.2) is 50.2 Å². The Bertz CT molecular complexity index is 1260. The number of likely N-dealkylation sites (tertiary alicyclic amines) is 1. The van der Waals surface area contributed by atoms with Crippen LogP contribution in [0, 0.1) is 13.8 Å². The molecule has 4 rings (SSSR count). The Labute approximate surface area is 224 Å². The van der Waals surface area contributed by atoms with E-state index in [9.17, 15) is 14.7 Å². The fourth-order valence-electron chi connectivity index (χ4n) is 5.09. The molecule has 0 spiro atoms. The number of H-pyrrole nitrogens is 1. The smallest absolute Gasteiger partial charge is 0.408 e. The number of piperidine rings is 1. The fraction of sp³-hybridized carbons (Fsp3) is 0.433. The Morgan fingerprint density at radius 1 is 1.16 bits per heavy atom. The zero-order valence-corrected chi connectivity index (χ0v) is 22.9. The number of nitrogens with one attached hydrogen (secondary N) is 2. The molecule has 2 aromatic carbocycles. The Balaban J connectivity index is 1.63. The van der Waals surface area contributed by atoms with E-state index in [1.54, 1.807) is 32.9 Å². The minimum absolute atomic E-state index is 0.176. The number of phenols is 1. The van der Waals surface area contributed by atoms with Crippen LogP contribution in [0.15, 0.2) is 48.7 Å². The highest BCUT2D eigenvalue weighted by molar-refractivity contribution is 5.86. The third-order valence-corrected chi connectivity index (χ3v) is 6.85. The lowest BCUT2D eigenvalue weighted by Crippen LogP contribution is -2.52. The van der Waals surface area contributed by atoms with E-state index in [2.05, 4.69) is 10.3 Å². The van der Waals surface area contributed by atoms with Gasteiger partial charge in [0.15, 0.2) is 0 Å². The summed E-state index contributed by atoms with van der Waals surface area (Å²) < 4.78 is 5.51. The molecule has 2 amide bonds.